The molecule has 0 saturated carbocycles. The molecule has 88 valence electrons. The molecule has 3 rings (SSSR count). The number of halogens is 1. The molecule has 0 N–H and O–H groups in total. The number of hydrogen-bond acceptors (Lipinski definition) is 1. The fourth-order valence-electron chi connectivity index (χ4n) is 2.65. The van der Waals surface area contributed by atoms with Crippen LogP contribution in [0.15, 0.2) is 40.9 Å². The van der Waals surface area contributed by atoms with Crippen molar-refractivity contribution in [1.29, 1.82) is 5.26 Å². The molecule has 1 aliphatic carbocycles. The molecule has 1 unspecified atom stereocenters. The molecule has 2 aromatic rings. The van der Waals surface area contributed by atoms with Crippen LogP contribution in [0.25, 0.3) is 11.1 Å². The van der Waals surface area contributed by atoms with E-state index in [1.54, 1.807) is 0 Å². The first-order valence-electron chi connectivity index (χ1n) is 5.98. The van der Waals surface area contributed by atoms with Crippen molar-refractivity contribution in [1.82, 2.24) is 0 Å². The van der Waals surface area contributed by atoms with Crippen molar-refractivity contribution in [2.45, 2.75) is 19.3 Å². The van der Waals surface area contributed by atoms with Crippen molar-refractivity contribution < 1.29 is 0 Å². The zero-order chi connectivity index (χ0) is 12.7. The van der Waals surface area contributed by atoms with E-state index in [2.05, 4.69) is 65.3 Å². The summed E-state index contributed by atoms with van der Waals surface area (Å²) in [7, 11) is 0. The van der Waals surface area contributed by atoms with Crippen LogP contribution in [-0.4, -0.2) is 0 Å². The van der Waals surface area contributed by atoms with E-state index in [4.69, 9.17) is 0 Å². The molecule has 0 spiro atoms. The summed E-state index contributed by atoms with van der Waals surface area (Å²) in [6.07, 6.45) is 0.807. The number of nitrogens with zero attached hydrogens (tertiary/aromatic N) is 1. The summed E-state index contributed by atoms with van der Waals surface area (Å²) < 4.78 is 1.08. The third-order valence-electron chi connectivity index (χ3n) is 3.52. The highest BCUT2D eigenvalue weighted by molar-refractivity contribution is 9.10. The average molecular weight is 298 g/mol. The van der Waals surface area contributed by atoms with Gasteiger partial charge in [0.25, 0.3) is 0 Å². The second-order valence-corrected chi connectivity index (χ2v) is 5.69. The lowest BCUT2D eigenvalue weighted by Crippen LogP contribution is -2.10. The number of rotatable bonds is 0. The molecule has 0 bridgehead atoms. The molecule has 0 amide bonds. The summed E-state index contributed by atoms with van der Waals surface area (Å²) in [5, 5.41) is 9.34. The molecule has 1 aliphatic rings. The Labute approximate surface area is 115 Å². The predicted molar refractivity (Wildman–Crippen MR) is 76.4 cm³/mol. The van der Waals surface area contributed by atoms with Gasteiger partial charge in [-0.15, -0.1) is 0 Å². The predicted octanol–water partition coefficient (Wildman–Crippen LogP) is 4.59. The maximum absolute atomic E-state index is 9.34. The van der Waals surface area contributed by atoms with Gasteiger partial charge in [0.2, 0.25) is 0 Å². The van der Waals surface area contributed by atoms with Crippen LogP contribution in [0, 0.1) is 18.3 Å². The van der Waals surface area contributed by atoms with E-state index in [1.165, 1.54) is 22.3 Å². The third kappa shape index (κ3) is 1.76. The van der Waals surface area contributed by atoms with Crippen LogP contribution < -0.4 is 0 Å². The maximum atomic E-state index is 9.34. The topological polar surface area (TPSA) is 23.8 Å². The number of fused-ring (bicyclic) bond motifs is 3. The molecule has 0 aliphatic heterocycles. The monoisotopic (exact) mass is 297 g/mol. The van der Waals surface area contributed by atoms with Gasteiger partial charge in [-0.2, -0.15) is 5.26 Å². The second-order valence-electron chi connectivity index (χ2n) is 4.78. The van der Waals surface area contributed by atoms with E-state index in [1.807, 2.05) is 0 Å². The van der Waals surface area contributed by atoms with Gasteiger partial charge in [0, 0.05) is 4.47 Å². The van der Waals surface area contributed by atoms with Gasteiger partial charge in [-0.05, 0) is 47.7 Å². The molecule has 2 aromatic carbocycles. The Hall–Kier alpha value is -1.59. The largest absolute Gasteiger partial charge is 0.198 e. The molecule has 0 heterocycles. The zero-order valence-electron chi connectivity index (χ0n) is 10.1. The minimum atomic E-state index is -0.0256. The Morgan fingerprint density at radius 3 is 2.78 bits per heavy atom. The van der Waals surface area contributed by atoms with Crippen molar-refractivity contribution in [3.05, 3.63) is 57.6 Å². The van der Waals surface area contributed by atoms with Crippen LogP contribution in [-0.2, 0) is 6.42 Å². The smallest absolute Gasteiger partial charge is 0.0759 e. The van der Waals surface area contributed by atoms with E-state index < -0.39 is 0 Å². The number of aryl methyl sites for hydroxylation is 1. The van der Waals surface area contributed by atoms with Crippen molar-refractivity contribution in [3.63, 3.8) is 0 Å². The second kappa shape index (κ2) is 4.26. The van der Waals surface area contributed by atoms with E-state index in [9.17, 15) is 5.26 Å². The van der Waals surface area contributed by atoms with Crippen molar-refractivity contribution in [2.75, 3.05) is 0 Å². The van der Waals surface area contributed by atoms with Crippen LogP contribution in [0.5, 0.6) is 0 Å². The Bertz CT molecular complexity index is 667. The van der Waals surface area contributed by atoms with E-state index >= 15 is 0 Å². The number of hydrogen-bond donors (Lipinski definition) is 0. The molecule has 2 heteroatoms. The highest BCUT2D eigenvalue weighted by Crippen LogP contribution is 2.40. The lowest BCUT2D eigenvalue weighted by atomic mass is 9.79. The zero-order valence-corrected chi connectivity index (χ0v) is 11.7. The number of benzene rings is 2. The normalized spacial score (nSPS) is 16.6. The first-order chi connectivity index (χ1) is 8.69. The van der Waals surface area contributed by atoms with Gasteiger partial charge in [0.15, 0.2) is 0 Å². The molecule has 0 fully saturated rings. The molecular weight excluding hydrogens is 286 g/mol. The van der Waals surface area contributed by atoms with Gasteiger partial charge in [0.1, 0.15) is 0 Å². The minimum Gasteiger partial charge on any atom is -0.198 e. The molecule has 1 atom stereocenters. The van der Waals surface area contributed by atoms with Gasteiger partial charge in [-0.3, -0.25) is 0 Å². The molecule has 1 nitrogen and oxygen atoms in total. The Kier molecular flexibility index (Phi) is 2.72. The molecule has 18 heavy (non-hydrogen) atoms. The average Bonchev–Trinajstić information content (AvgIpc) is 2.37. The van der Waals surface area contributed by atoms with E-state index in [0.29, 0.717) is 0 Å². The van der Waals surface area contributed by atoms with Crippen LogP contribution in [0.2, 0.25) is 0 Å². The highest BCUT2D eigenvalue weighted by Gasteiger charge is 2.24. The maximum Gasteiger partial charge on any atom is 0.0759 e. The van der Waals surface area contributed by atoms with Crippen molar-refractivity contribution in [2.24, 2.45) is 0 Å². The van der Waals surface area contributed by atoms with Gasteiger partial charge in [0.05, 0.1) is 12.0 Å². The summed E-state index contributed by atoms with van der Waals surface area (Å²) in [5.74, 6) is -0.0256. The minimum absolute atomic E-state index is 0.0256. The summed E-state index contributed by atoms with van der Waals surface area (Å²) >= 11 is 3.50. The molecule has 0 radical (unpaired) electrons. The summed E-state index contributed by atoms with van der Waals surface area (Å²) in [6.45, 7) is 2.09. The quantitative estimate of drug-likeness (QED) is 0.698. The van der Waals surface area contributed by atoms with Gasteiger partial charge < -0.3 is 0 Å². The highest BCUT2D eigenvalue weighted by atomic mass is 79.9. The number of nitriles is 1. The summed E-state index contributed by atoms with van der Waals surface area (Å²) in [6, 6.07) is 15.1. The SMILES string of the molecule is Cc1ccc2c(c1)-c1ccc(Br)cc1CC2C#N. The Morgan fingerprint density at radius 1 is 1.17 bits per heavy atom. The lowest BCUT2D eigenvalue weighted by molar-refractivity contribution is 0.835. The molecule has 0 saturated heterocycles. The Morgan fingerprint density at radius 2 is 2.00 bits per heavy atom. The molecular formula is C16H12BrN. The van der Waals surface area contributed by atoms with Crippen molar-refractivity contribution in [3.8, 4) is 17.2 Å². The fraction of sp³-hybridized carbons (Fsp3) is 0.188. The lowest BCUT2D eigenvalue weighted by Gasteiger charge is -2.24. The van der Waals surface area contributed by atoms with Crippen LogP contribution >= 0.6 is 15.9 Å². The van der Waals surface area contributed by atoms with Crippen LogP contribution in [0.1, 0.15) is 22.6 Å². The van der Waals surface area contributed by atoms with Gasteiger partial charge in [-0.25, -0.2) is 0 Å². The van der Waals surface area contributed by atoms with Gasteiger partial charge >= 0.3 is 0 Å². The Balaban J connectivity index is 2.29. The summed E-state index contributed by atoms with van der Waals surface area (Å²) in [4.78, 5) is 0. The van der Waals surface area contributed by atoms with Crippen LogP contribution in [0.3, 0.4) is 0 Å². The first-order valence-corrected chi connectivity index (χ1v) is 6.77. The standard InChI is InChI=1S/C16H12BrN/c1-10-2-4-15-12(9-18)7-11-8-13(17)3-5-14(11)16(15)6-10/h2-6,8,12H,7H2,1H3. The van der Waals surface area contributed by atoms with E-state index in [-0.39, 0.29) is 5.92 Å². The van der Waals surface area contributed by atoms with Crippen molar-refractivity contribution >= 4 is 15.9 Å². The third-order valence-corrected chi connectivity index (χ3v) is 4.01. The van der Waals surface area contributed by atoms with Crippen LogP contribution in [0.4, 0.5) is 0 Å². The fourth-order valence-corrected chi connectivity index (χ4v) is 3.05. The van der Waals surface area contributed by atoms with E-state index in [0.717, 1.165) is 16.5 Å². The van der Waals surface area contributed by atoms with Gasteiger partial charge in [-0.1, -0.05) is 45.8 Å². The summed E-state index contributed by atoms with van der Waals surface area (Å²) in [5.41, 5.74) is 6.15. The molecule has 0 aromatic heterocycles. The first kappa shape index (κ1) is 11.5.